The van der Waals surface area contributed by atoms with Crippen LogP contribution >= 0.6 is 0 Å². The Labute approximate surface area is 124 Å². The summed E-state index contributed by atoms with van der Waals surface area (Å²) in [5, 5.41) is 23.7. The Hall–Kier alpha value is -1.72. The van der Waals surface area contributed by atoms with Crippen molar-refractivity contribution in [3.63, 3.8) is 0 Å². The number of rotatable bonds is 6. The average molecular weight is 290 g/mol. The Morgan fingerprint density at radius 3 is 2.86 bits per heavy atom. The van der Waals surface area contributed by atoms with E-state index in [-0.39, 0.29) is 17.2 Å². The van der Waals surface area contributed by atoms with Gasteiger partial charge < -0.3 is 10.4 Å². The largest absolute Gasteiger partial charge is 0.396 e. The zero-order valence-electron chi connectivity index (χ0n) is 12.1. The molecule has 2 unspecified atom stereocenters. The van der Waals surface area contributed by atoms with E-state index in [0.717, 1.165) is 12.8 Å². The molecule has 0 saturated heterocycles. The number of aliphatic hydroxyl groups is 1. The number of benzene rings is 1. The number of nitro groups is 1. The predicted molar refractivity (Wildman–Crippen MR) is 83.0 cm³/mol. The van der Waals surface area contributed by atoms with Crippen LogP contribution in [0.15, 0.2) is 30.3 Å². The molecule has 0 radical (unpaired) electrons. The molecule has 2 rings (SSSR count). The van der Waals surface area contributed by atoms with Crippen LogP contribution in [0.1, 0.15) is 31.2 Å². The molecule has 21 heavy (non-hydrogen) atoms. The van der Waals surface area contributed by atoms with Gasteiger partial charge in [-0.3, -0.25) is 10.1 Å². The molecule has 0 amide bonds. The van der Waals surface area contributed by atoms with Crippen molar-refractivity contribution >= 4 is 11.8 Å². The van der Waals surface area contributed by atoms with E-state index in [1.807, 2.05) is 6.08 Å². The molecule has 2 atom stereocenters. The highest BCUT2D eigenvalue weighted by Gasteiger charge is 2.23. The molecule has 5 heteroatoms. The van der Waals surface area contributed by atoms with Gasteiger partial charge in [-0.2, -0.15) is 0 Å². The second-order valence-corrected chi connectivity index (χ2v) is 5.46. The van der Waals surface area contributed by atoms with Crippen molar-refractivity contribution in [2.24, 2.45) is 5.92 Å². The van der Waals surface area contributed by atoms with Crippen molar-refractivity contribution < 1.29 is 10.0 Å². The maximum atomic E-state index is 10.9. The first-order chi connectivity index (χ1) is 10.2. The minimum absolute atomic E-state index is 0.125. The van der Waals surface area contributed by atoms with Crippen LogP contribution in [0.4, 0.5) is 5.69 Å². The monoisotopic (exact) mass is 290 g/mol. The van der Waals surface area contributed by atoms with Gasteiger partial charge in [0, 0.05) is 25.3 Å². The van der Waals surface area contributed by atoms with E-state index < -0.39 is 0 Å². The molecule has 1 fully saturated rings. The van der Waals surface area contributed by atoms with Crippen LogP contribution in [0, 0.1) is 16.0 Å². The van der Waals surface area contributed by atoms with Crippen molar-refractivity contribution in [1.29, 1.82) is 0 Å². The minimum Gasteiger partial charge on any atom is -0.396 e. The first kappa shape index (κ1) is 15.7. The van der Waals surface area contributed by atoms with Crippen molar-refractivity contribution in [2.45, 2.75) is 31.7 Å². The number of aliphatic hydroxyl groups excluding tert-OH is 1. The van der Waals surface area contributed by atoms with Gasteiger partial charge in [0.1, 0.15) is 0 Å². The van der Waals surface area contributed by atoms with Crippen LogP contribution < -0.4 is 5.32 Å². The fourth-order valence-corrected chi connectivity index (χ4v) is 2.89. The minimum atomic E-state index is -0.365. The highest BCUT2D eigenvalue weighted by molar-refractivity contribution is 5.60. The van der Waals surface area contributed by atoms with E-state index in [2.05, 4.69) is 5.32 Å². The topological polar surface area (TPSA) is 75.4 Å². The highest BCUT2D eigenvalue weighted by atomic mass is 16.6. The Balaban J connectivity index is 1.89. The summed E-state index contributed by atoms with van der Waals surface area (Å²) in [6.45, 7) is 0.888. The molecule has 1 aliphatic carbocycles. The molecule has 1 aromatic rings. The number of nitro benzene ring substituents is 1. The first-order valence-corrected chi connectivity index (χ1v) is 7.46. The third kappa shape index (κ3) is 4.37. The summed E-state index contributed by atoms with van der Waals surface area (Å²) < 4.78 is 0. The van der Waals surface area contributed by atoms with Crippen molar-refractivity contribution in [2.75, 3.05) is 13.2 Å². The fourth-order valence-electron chi connectivity index (χ4n) is 2.89. The van der Waals surface area contributed by atoms with Gasteiger partial charge in [0.05, 0.1) is 10.5 Å². The normalized spacial score (nSPS) is 22.5. The molecule has 1 saturated carbocycles. The fraction of sp³-hybridized carbons (Fsp3) is 0.500. The smallest absolute Gasteiger partial charge is 0.276 e. The molecule has 5 nitrogen and oxygen atoms in total. The maximum absolute atomic E-state index is 10.9. The molecule has 1 aliphatic rings. The van der Waals surface area contributed by atoms with Gasteiger partial charge in [-0.15, -0.1) is 0 Å². The van der Waals surface area contributed by atoms with Crippen LogP contribution in [0.2, 0.25) is 0 Å². The van der Waals surface area contributed by atoms with Gasteiger partial charge >= 0.3 is 0 Å². The van der Waals surface area contributed by atoms with E-state index in [1.54, 1.807) is 24.3 Å². The highest BCUT2D eigenvalue weighted by Crippen LogP contribution is 2.24. The standard InChI is InChI=1S/C16H22N2O3/c19-12-14-7-1-3-9-15(14)17-11-5-8-13-6-2-4-10-16(13)18(20)21/h2,4-6,8,10,14-15,17,19H,1,3,7,9,11-12H2/b8-5+. The van der Waals surface area contributed by atoms with Crippen molar-refractivity contribution in [3.05, 3.63) is 46.0 Å². The summed E-state index contributed by atoms with van der Waals surface area (Å²) in [7, 11) is 0. The number of para-hydroxylation sites is 1. The summed E-state index contributed by atoms with van der Waals surface area (Å²) in [4.78, 5) is 10.5. The summed E-state index contributed by atoms with van der Waals surface area (Å²) in [6, 6.07) is 7.06. The van der Waals surface area contributed by atoms with Crippen LogP contribution in [0.5, 0.6) is 0 Å². The quantitative estimate of drug-likeness (QED) is 0.624. The second kappa shape index (κ2) is 7.90. The van der Waals surface area contributed by atoms with Gasteiger partial charge in [-0.05, 0) is 24.8 Å². The van der Waals surface area contributed by atoms with Crippen LogP contribution in [0.3, 0.4) is 0 Å². The SMILES string of the molecule is O=[N+]([O-])c1ccccc1/C=C/CNC1CCCCC1CO. The lowest BCUT2D eigenvalue weighted by molar-refractivity contribution is -0.385. The predicted octanol–water partition coefficient (Wildman–Crippen LogP) is 2.75. The summed E-state index contributed by atoms with van der Waals surface area (Å²) in [5.41, 5.74) is 0.742. The Morgan fingerprint density at radius 1 is 1.33 bits per heavy atom. The number of nitrogens with one attached hydrogen (secondary N) is 1. The molecule has 1 aromatic carbocycles. The van der Waals surface area contributed by atoms with E-state index in [0.29, 0.717) is 24.1 Å². The van der Waals surface area contributed by atoms with Crippen LogP contribution in [0.25, 0.3) is 6.08 Å². The van der Waals surface area contributed by atoms with E-state index >= 15 is 0 Å². The molecule has 0 aromatic heterocycles. The van der Waals surface area contributed by atoms with Gasteiger partial charge in [-0.1, -0.05) is 37.1 Å². The lowest BCUT2D eigenvalue weighted by Gasteiger charge is -2.30. The van der Waals surface area contributed by atoms with Crippen molar-refractivity contribution in [3.8, 4) is 0 Å². The Bertz CT molecular complexity index is 502. The molecule has 0 spiro atoms. The number of nitrogens with zero attached hydrogens (tertiary/aromatic N) is 1. The lowest BCUT2D eigenvalue weighted by atomic mass is 9.85. The second-order valence-electron chi connectivity index (χ2n) is 5.46. The van der Waals surface area contributed by atoms with Crippen molar-refractivity contribution in [1.82, 2.24) is 5.32 Å². The lowest BCUT2D eigenvalue weighted by Crippen LogP contribution is -2.40. The third-order valence-corrected chi connectivity index (χ3v) is 4.07. The first-order valence-electron chi connectivity index (χ1n) is 7.46. The van der Waals surface area contributed by atoms with E-state index in [9.17, 15) is 15.2 Å². The molecule has 2 N–H and O–H groups in total. The maximum Gasteiger partial charge on any atom is 0.276 e. The van der Waals surface area contributed by atoms with Crippen LogP contribution in [-0.4, -0.2) is 29.2 Å². The van der Waals surface area contributed by atoms with E-state index in [4.69, 9.17) is 0 Å². The summed E-state index contributed by atoms with van der Waals surface area (Å²) in [5.74, 6) is 0.332. The molecular formula is C16H22N2O3. The van der Waals surface area contributed by atoms with Gasteiger partial charge in [0.15, 0.2) is 0 Å². The third-order valence-electron chi connectivity index (χ3n) is 4.07. The van der Waals surface area contributed by atoms with Gasteiger partial charge in [0.25, 0.3) is 5.69 Å². The summed E-state index contributed by atoms with van der Waals surface area (Å²) >= 11 is 0. The molecule has 0 aliphatic heterocycles. The number of hydrogen-bond donors (Lipinski definition) is 2. The van der Waals surface area contributed by atoms with Gasteiger partial charge in [0.2, 0.25) is 0 Å². The van der Waals surface area contributed by atoms with E-state index in [1.165, 1.54) is 18.9 Å². The average Bonchev–Trinajstić information content (AvgIpc) is 2.52. The Kier molecular flexibility index (Phi) is 5.90. The van der Waals surface area contributed by atoms with Crippen LogP contribution in [-0.2, 0) is 0 Å². The summed E-state index contributed by atoms with van der Waals surface area (Å²) in [6.07, 6.45) is 8.23. The number of hydrogen-bond acceptors (Lipinski definition) is 4. The molecule has 114 valence electrons. The zero-order valence-corrected chi connectivity index (χ0v) is 12.1. The Morgan fingerprint density at radius 2 is 2.10 bits per heavy atom. The molecule has 0 heterocycles. The molecule has 0 bridgehead atoms. The van der Waals surface area contributed by atoms with Gasteiger partial charge in [-0.25, -0.2) is 0 Å². The zero-order chi connectivity index (χ0) is 15.1. The molecular weight excluding hydrogens is 268 g/mol.